The number of quaternary nitrogens is 1. The van der Waals surface area contributed by atoms with E-state index < -0.39 is 26.5 Å². The molecule has 2 unspecified atom stereocenters. The molecule has 10 heteroatoms. The Labute approximate surface area is 529 Å². The van der Waals surface area contributed by atoms with Crippen molar-refractivity contribution >= 4 is 19.8 Å². The van der Waals surface area contributed by atoms with Crippen molar-refractivity contribution in [1.29, 1.82) is 0 Å². The number of hydrogen-bond acceptors (Lipinski definition) is 8. The van der Waals surface area contributed by atoms with Crippen LogP contribution in [0.2, 0.25) is 0 Å². The van der Waals surface area contributed by atoms with Crippen LogP contribution >= 0.6 is 7.82 Å². The van der Waals surface area contributed by atoms with Gasteiger partial charge in [-0.1, -0.05) is 288 Å². The van der Waals surface area contributed by atoms with Crippen LogP contribution in [0.4, 0.5) is 0 Å². The smallest absolute Gasteiger partial charge is 0.306 e. The lowest BCUT2D eigenvalue weighted by Gasteiger charge is -2.28. The average Bonchev–Trinajstić information content (AvgIpc) is 3.56. The SMILES string of the molecule is CC/C=C\C/C=C\C/C=C\C/C=C\C/C=C\C/C=C\C/C=C\C/C=C\CCCCCCCCC(=O)OC(COC(=O)CCCCCCCCCCCCCCCCCCCC/C=C\C/C=C\C/C=C\C/C=C\CC)COP(=O)([O-])OCC[N+](C)(C)C. The molecule has 0 aliphatic carbocycles. The molecule has 490 valence electrons. The lowest BCUT2D eigenvalue weighted by Crippen LogP contribution is -2.37. The van der Waals surface area contributed by atoms with E-state index in [-0.39, 0.29) is 32.0 Å². The van der Waals surface area contributed by atoms with Gasteiger partial charge in [-0.2, -0.15) is 0 Å². The fraction of sp³-hybridized carbons (Fsp3) is 0.658. The second-order valence-corrected chi connectivity index (χ2v) is 25.2. The van der Waals surface area contributed by atoms with Crippen LogP contribution in [0, 0.1) is 0 Å². The van der Waals surface area contributed by atoms with Crippen LogP contribution in [-0.2, 0) is 32.7 Å². The maximum Gasteiger partial charge on any atom is 0.306 e. The Morgan fingerprint density at radius 1 is 0.360 bits per heavy atom. The van der Waals surface area contributed by atoms with Crippen LogP contribution < -0.4 is 4.89 Å². The normalized spacial score (nSPS) is 14.1. The van der Waals surface area contributed by atoms with Crippen molar-refractivity contribution in [2.45, 2.75) is 277 Å². The Morgan fingerprint density at radius 3 is 0.930 bits per heavy atom. The summed E-state index contributed by atoms with van der Waals surface area (Å²) in [4.78, 5) is 38.1. The Kier molecular flexibility index (Phi) is 62.2. The number of esters is 2. The van der Waals surface area contributed by atoms with Gasteiger partial charge in [0.15, 0.2) is 6.10 Å². The van der Waals surface area contributed by atoms with Gasteiger partial charge in [0.25, 0.3) is 7.82 Å². The molecule has 0 saturated heterocycles. The fourth-order valence-electron chi connectivity index (χ4n) is 9.14. The molecule has 0 aromatic rings. The number of carbonyl (C=O) groups is 2. The Bertz CT molecular complexity index is 1960. The van der Waals surface area contributed by atoms with E-state index in [0.29, 0.717) is 17.4 Å². The van der Waals surface area contributed by atoms with Crippen LogP contribution in [0.1, 0.15) is 271 Å². The monoisotopic (exact) mass is 1210 g/mol. The van der Waals surface area contributed by atoms with Crippen molar-refractivity contribution in [2.75, 3.05) is 47.5 Å². The predicted molar refractivity (Wildman–Crippen MR) is 369 cm³/mol. The van der Waals surface area contributed by atoms with Gasteiger partial charge in [0.05, 0.1) is 27.7 Å². The lowest BCUT2D eigenvalue weighted by atomic mass is 10.0. The summed E-state index contributed by atoms with van der Waals surface area (Å²) >= 11 is 0. The number of ether oxygens (including phenoxy) is 2. The number of allylic oxidation sites excluding steroid dienone is 24. The highest BCUT2D eigenvalue weighted by Crippen LogP contribution is 2.38. The molecule has 0 bridgehead atoms. The molecule has 2 atom stereocenters. The first kappa shape index (κ1) is 81.9. The number of phosphoric acid groups is 1. The number of carbonyl (C=O) groups excluding carboxylic acids is 2. The minimum Gasteiger partial charge on any atom is -0.756 e. The van der Waals surface area contributed by atoms with E-state index in [1.807, 2.05) is 21.1 Å². The van der Waals surface area contributed by atoms with Crippen molar-refractivity contribution in [3.05, 3.63) is 146 Å². The maximum absolute atomic E-state index is 12.9. The van der Waals surface area contributed by atoms with Crippen molar-refractivity contribution in [2.24, 2.45) is 0 Å². The summed E-state index contributed by atoms with van der Waals surface area (Å²) in [6.45, 7) is 4.00. The molecule has 0 aliphatic heterocycles. The molecule has 86 heavy (non-hydrogen) atoms. The molecule has 0 radical (unpaired) electrons. The molecule has 0 heterocycles. The summed E-state index contributed by atoms with van der Waals surface area (Å²) in [6, 6.07) is 0. The van der Waals surface area contributed by atoms with E-state index in [4.69, 9.17) is 18.5 Å². The van der Waals surface area contributed by atoms with Gasteiger partial charge in [0, 0.05) is 12.8 Å². The van der Waals surface area contributed by atoms with Gasteiger partial charge in [0.2, 0.25) is 0 Å². The predicted octanol–water partition coefficient (Wildman–Crippen LogP) is 22.0. The zero-order valence-corrected chi connectivity index (χ0v) is 56.6. The minimum atomic E-state index is -4.66. The van der Waals surface area contributed by atoms with Gasteiger partial charge in [-0.05, 0) is 116 Å². The molecule has 0 aromatic heterocycles. The van der Waals surface area contributed by atoms with Crippen LogP contribution in [0.25, 0.3) is 0 Å². The minimum absolute atomic E-state index is 0.0405. The Morgan fingerprint density at radius 2 is 0.628 bits per heavy atom. The van der Waals surface area contributed by atoms with E-state index in [1.165, 1.54) is 103 Å². The lowest BCUT2D eigenvalue weighted by molar-refractivity contribution is -0.870. The highest BCUT2D eigenvalue weighted by Gasteiger charge is 2.22. The zero-order valence-electron chi connectivity index (χ0n) is 55.7. The number of rotatable bonds is 62. The topological polar surface area (TPSA) is 111 Å². The summed E-state index contributed by atoms with van der Waals surface area (Å²) in [5, 5.41) is 0. The number of likely N-dealkylation sites (N-methyl/N-ethyl adjacent to an activating group) is 1. The van der Waals surface area contributed by atoms with Crippen LogP contribution in [0.15, 0.2) is 146 Å². The number of nitrogens with zero attached hydrogens (tertiary/aromatic N) is 1. The molecule has 0 aromatic carbocycles. The van der Waals surface area contributed by atoms with Crippen LogP contribution in [0.5, 0.6) is 0 Å². The summed E-state index contributed by atoms with van der Waals surface area (Å²) < 4.78 is 34.3. The van der Waals surface area contributed by atoms with E-state index in [2.05, 4.69) is 160 Å². The summed E-state index contributed by atoms with van der Waals surface area (Å²) in [5.41, 5.74) is 0. The number of hydrogen-bond donors (Lipinski definition) is 0. The molecule has 0 N–H and O–H groups in total. The van der Waals surface area contributed by atoms with Crippen molar-refractivity contribution in [3.8, 4) is 0 Å². The molecule has 0 amide bonds. The molecular formula is C76H128NO8P. The maximum atomic E-state index is 12.9. The van der Waals surface area contributed by atoms with E-state index in [0.717, 1.165) is 135 Å². The van der Waals surface area contributed by atoms with Gasteiger partial charge in [0.1, 0.15) is 19.8 Å². The molecule has 0 spiro atoms. The first-order chi connectivity index (χ1) is 42.0. The number of phosphoric ester groups is 1. The molecule has 9 nitrogen and oxygen atoms in total. The third-order valence-corrected chi connectivity index (χ3v) is 15.3. The Hall–Kier alpha value is -4.11. The van der Waals surface area contributed by atoms with Crippen LogP contribution in [-0.4, -0.2) is 70.0 Å². The van der Waals surface area contributed by atoms with Gasteiger partial charge >= 0.3 is 11.9 Å². The van der Waals surface area contributed by atoms with Crippen LogP contribution in [0.3, 0.4) is 0 Å². The quantitative estimate of drug-likeness (QED) is 0.0195. The van der Waals surface area contributed by atoms with Gasteiger partial charge in [-0.3, -0.25) is 14.2 Å². The standard InChI is InChI=1S/C76H128NO8P/c1-6-8-10-12-14-16-18-20-22-24-26-28-30-32-34-36-38-40-42-44-46-48-50-52-54-56-58-60-62-64-66-68-75(78)82-72-74(73-84-86(80,81)83-71-70-77(3,4)5)85-76(79)69-67-65-63-61-59-57-55-53-51-49-47-45-43-41-39-37-35-33-31-29-27-25-23-21-19-17-15-13-11-9-7-2/h8-11,14-17,20-23,26-29,33,35,39,41,45,47,51,53,74H,6-7,12-13,18-19,24-25,30-32,34,36-38,40,42-44,46,48-50,52,54-73H2,1-5H3/b10-8-,11-9-,16-14-,17-15-,22-20-,23-21-,28-26-,29-27-,35-33-,41-39-,47-45-,53-51-. The van der Waals surface area contributed by atoms with Crippen molar-refractivity contribution < 1.29 is 42.1 Å². The molecular weight excluding hydrogens is 1090 g/mol. The summed E-state index contributed by atoms with van der Waals surface area (Å²) in [6.07, 6.45) is 96.3. The zero-order chi connectivity index (χ0) is 62.6. The van der Waals surface area contributed by atoms with Gasteiger partial charge in [-0.25, -0.2) is 0 Å². The highest BCUT2D eigenvalue weighted by atomic mass is 31.2. The second kappa shape index (κ2) is 65.3. The van der Waals surface area contributed by atoms with E-state index >= 15 is 0 Å². The molecule has 0 fully saturated rings. The molecule has 0 saturated carbocycles. The highest BCUT2D eigenvalue weighted by molar-refractivity contribution is 7.45. The third-order valence-electron chi connectivity index (χ3n) is 14.4. The molecule has 0 rings (SSSR count). The third kappa shape index (κ3) is 69.0. The Balaban J connectivity index is 4.12. The van der Waals surface area contributed by atoms with Gasteiger partial charge in [-0.15, -0.1) is 0 Å². The van der Waals surface area contributed by atoms with E-state index in [1.54, 1.807) is 0 Å². The van der Waals surface area contributed by atoms with E-state index in [9.17, 15) is 19.0 Å². The largest absolute Gasteiger partial charge is 0.756 e. The van der Waals surface area contributed by atoms with Crippen molar-refractivity contribution in [3.63, 3.8) is 0 Å². The first-order valence-corrected chi connectivity index (χ1v) is 36.0. The number of unbranched alkanes of at least 4 members (excludes halogenated alkanes) is 24. The molecule has 0 aliphatic rings. The first-order valence-electron chi connectivity index (χ1n) is 34.5. The van der Waals surface area contributed by atoms with Crippen molar-refractivity contribution in [1.82, 2.24) is 0 Å². The fourth-order valence-corrected chi connectivity index (χ4v) is 9.86. The van der Waals surface area contributed by atoms with Gasteiger partial charge < -0.3 is 27.9 Å². The summed E-state index contributed by atoms with van der Waals surface area (Å²) in [7, 11) is 1.14. The average molecular weight is 1210 g/mol. The summed E-state index contributed by atoms with van der Waals surface area (Å²) in [5.74, 6) is -0.852. The second-order valence-electron chi connectivity index (χ2n) is 23.8.